The molecule has 2 heterocycles. The van der Waals surface area contributed by atoms with Gasteiger partial charge in [0, 0.05) is 22.7 Å². The zero-order valence-electron chi connectivity index (χ0n) is 14.7. The fourth-order valence-corrected chi connectivity index (χ4v) is 3.82. The summed E-state index contributed by atoms with van der Waals surface area (Å²) in [6, 6.07) is 6.48. The van der Waals surface area contributed by atoms with Gasteiger partial charge in [-0.2, -0.15) is 4.98 Å². The van der Waals surface area contributed by atoms with Crippen LogP contribution in [0.5, 0.6) is 5.88 Å². The number of carbonyl (C=O) groups excluding carboxylic acids is 1. The molecule has 0 saturated carbocycles. The average molecular weight is 405 g/mol. The van der Waals surface area contributed by atoms with Crippen LogP contribution in [0.3, 0.4) is 0 Å². The van der Waals surface area contributed by atoms with Gasteiger partial charge in [0.1, 0.15) is 10.6 Å². The molecule has 0 aliphatic carbocycles. The number of carboxylic acids is 1. The first-order valence-corrected chi connectivity index (χ1v) is 9.27. The second kappa shape index (κ2) is 7.15. The Bertz CT molecular complexity index is 1190. The third kappa shape index (κ3) is 3.71. The minimum absolute atomic E-state index is 0.133. The number of urea groups is 1. The summed E-state index contributed by atoms with van der Waals surface area (Å²) in [6.45, 7) is 1.63. The molecular formula is C16H15N5O6S. The van der Waals surface area contributed by atoms with E-state index in [4.69, 9.17) is 4.74 Å². The number of carbonyl (C=O) groups is 2. The molecule has 2 aromatic heterocycles. The largest absolute Gasteiger partial charge is 0.481 e. The van der Waals surface area contributed by atoms with Gasteiger partial charge in [-0.3, -0.25) is 5.32 Å². The molecule has 0 bridgehead atoms. The molecule has 0 atom stereocenters. The summed E-state index contributed by atoms with van der Waals surface area (Å²) in [5.74, 6) is -1.49. The molecule has 3 rings (SSSR count). The van der Waals surface area contributed by atoms with E-state index < -0.39 is 32.6 Å². The fraction of sp³-hybridized carbons (Fsp3) is 0.125. The van der Waals surface area contributed by atoms with Crippen LogP contribution < -0.4 is 14.8 Å². The van der Waals surface area contributed by atoms with Crippen molar-refractivity contribution in [3.63, 3.8) is 0 Å². The normalized spacial score (nSPS) is 11.2. The molecule has 146 valence electrons. The molecule has 0 spiro atoms. The highest BCUT2D eigenvalue weighted by Crippen LogP contribution is 2.27. The van der Waals surface area contributed by atoms with Crippen LogP contribution in [0.15, 0.2) is 35.2 Å². The van der Waals surface area contributed by atoms with E-state index in [1.54, 1.807) is 23.8 Å². The highest BCUT2D eigenvalue weighted by Gasteiger charge is 2.29. The first-order valence-electron chi connectivity index (χ1n) is 7.78. The summed E-state index contributed by atoms with van der Waals surface area (Å²) >= 11 is 0. The maximum atomic E-state index is 12.7. The number of H-pyrrole nitrogens is 1. The molecular weight excluding hydrogens is 390 g/mol. The number of sulfonamides is 1. The van der Waals surface area contributed by atoms with Gasteiger partial charge in [-0.1, -0.05) is 18.2 Å². The Morgan fingerprint density at radius 2 is 1.93 bits per heavy atom. The standard InChI is InChI=1S/C16H15N5O6S/c1-8-7-11(27-2)19-15(17-8)20-16(24)21-28(25,26)13-9-5-3-4-6-10(9)18-12(13)14(22)23/h3-7,18H,1-2H3,(H,22,23)(H2,17,19,20,21,24). The molecule has 2 amide bonds. The van der Waals surface area contributed by atoms with Crippen molar-refractivity contribution in [2.75, 3.05) is 12.4 Å². The van der Waals surface area contributed by atoms with Crippen LogP contribution in [0.2, 0.25) is 0 Å². The SMILES string of the molecule is COc1cc(C)nc(NC(=O)NS(=O)(=O)c2c(C(=O)O)[nH]c3ccccc23)n1. The number of anilines is 1. The maximum Gasteiger partial charge on any atom is 0.353 e. The van der Waals surface area contributed by atoms with Crippen LogP contribution in [0.25, 0.3) is 10.9 Å². The lowest BCUT2D eigenvalue weighted by molar-refractivity contribution is 0.0687. The summed E-state index contributed by atoms with van der Waals surface area (Å²) < 4.78 is 32.1. The highest BCUT2D eigenvalue weighted by atomic mass is 32.2. The van der Waals surface area contributed by atoms with Gasteiger partial charge in [0.05, 0.1) is 7.11 Å². The van der Waals surface area contributed by atoms with Gasteiger partial charge in [0.25, 0.3) is 10.0 Å². The van der Waals surface area contributed by atoms with Crippen LogP contribution in [0.4, 0.5) is 10.7 Å². The molecule has 12 heteroatoms. The lowest BCUT2D eigenvalue weighted by Gasteiger charge is -2.09. The van der Waals surface area contributed by atoms with Crippen LogP contribution >= 0.6 is 0 Å². The number of nitrogens with zero attached hydrogens (tertiary/aromatic N) is 2. The van der Waals surface area contributed by atoms with Crippen molar-refractivity contribution < 1.29 is 27.9 Å². The minimum atomic E-state index is -4.53. The quantitative estimate of drug-likeness (QED) is 0.496. The number of hydrogen-bond acceptors (Lipinski definition) is 7. The predicted octanol–water partition coefficient (Wildman–Crippen LogP) is 1.48. The lowest BCUT2D eigenvalue weighted by Crippen LogP contribution is -2.35. The smallest absolute Gasteiger partial charge is 0.353 e. The number of fused-ring (bicyclic) bond motifs is 1. The van der Waals surface area contributed by atoms with E-state index in [9.17, 15) is 23.1 Å². The Morgan fingerprint density at radius 3 is 2.61 bits per heavy atom. The summed E-state index contributed by atoms with van der Waals surface area (Å²) in [4.78, 5) is 33.4. The second-order valence-electron chi connectivity index (χ2n) is 5.61. The van der Waals surface area contributed by atoms with Gasteiger partial charge in [-0.15, -0.1) is 0 Å². The monoisotopic (exact) mass is 405 g/mol. The highest BCUT2D eigenvalue weighted by molar-refractivity contribution is 7.90. The van der Waals surface area contributed by atoms with Crippen molar-refractivity contribution in [3.05, 3.63) is 41.7 Å². The third-order valence-corrected chi connectivity index (χ3v) is 5.05. The first kappa shape index (κ1) is 19.1. The van der Waals surface area contributed by atoms with Gasteiger partial charge in [-0.25, -0.2) is 27.7 Å². The van der Waals surface area contributed by atoms with Crippen LogP contribution in [-0.4, -0.2) is 47.6 Å². The molecule has 1 aromatic carbocycles. The molecule has 0 saturated heterocycles. The molecule has 11 nitrogen and oxygen atoms in total. The first-order chi connectivity index (χ1) is 13.2. The number of nitrogens with one attached hydrogen (secondary N) is 3. The maximum absolute atomic E-state index is 12.7. The molecule has 0 fully saturated rings. The van der Waals surface area contributed by atoms with Crippen molar-refractivity contribution in [2.45, 2.75) is 11.8 Å². The van der Waals surface area contributed by atoms with E-state index in [0.29, 0.717) is 11.2 Å². The van der Waals surface area contributed by atoms with Crippen molar-refractivity contribution in [2.24, 2.45) is 0 Å². The molecule has 0 radical (unpaired) electrons. The van der Waals surface area contributed by atoms with Crippen LogP contribution in [-0.2, 0) is 10.0 Å². The topological polar surface area (TPSA) is 163 Å². The molecule has 0 unspecified atom stereocenters. The molecule has 28 heavy (non-hydrogen) atoms. The molecule has 0 aliphatic heterocycles. The fourth-order valence-electron chi connectivity index (χ4n) is 2.55. The number of aromatic amines is 1. The molecule has 3 aromatic rings. The molecule has 4 N–H and O–H groups in total. The van der Waals surface area contributed by atoms with E-state index in [0.717, 1.165) is 0 Å². The van der Waals surface area contributed by atoms with Gasteiger partial charge in [0.2, 0.25) is 11.8 Å². The Hall–Kier alpha value is -3.67. The number of hydrogen-bond donors (Lipinski definition) is 4. The number of ether oxygens (including phenoxy) is 1. The number of methoxy groups -OCH3 is 1. The number of aromatic carboxylic acids is 1. The number of aromatic nitrogens is 3. The summed E-state index contributed by atoms with van der Waals surface area (Å²) in [5.41, 5.74) is 0.220. The van der Waals surface area contributed by atoms with Crippen LogP contribution in [0, 0.1) is 6.92 Å². The number of rotatable bonds is 5. The minimum Gasteiger partial charge on any atom is -0.481 e. The van der Waals surface area contributed by atoms with E-state index >= 15 is 0 Å². The number of amides is 2. The van der Waals surface area contributed by atoms with Crippen molar-refractivity contribution in [1.29, 1.82) is 0 Å². The van der Waals surface area contributed by atoms with Gasteiger partial charge in [-0.05, 0) is 13.0 Å². The average Bonchev–Trinajstić information content (AvgIpc) is 3.01. The zero-order valence-corrected chi connectivity index (χ0v) is 15.5. The number of carboxylic acid groups (broad SMARTS) is 1. The third-order valence-electron chi connectivity index (χ3n) is 3.63. The van der Waals surface area contributed by atoms with Gasteiger partial charge in [0.15, 0.2) is 0 Å². The van der Waals surface area contributed by atoms with Gasteiger partial charge < -0.3 is 14.8 Å². The second-order valence-corrected chi connectivity index (χ2v) is 7.23. The number of aryl methyl sites for hydroxylation is 1. The van der Waals surface area contributed by atoms with Crippen molar-refractivity contribution >= 4 is 38.9 Å². The predicted molar refractivity (Wildman–Crippen MR) is 97.9 cm³/mol. The van der Waals surface area contributed by atoms with E-state index in [1.165, 1.54) is 25.3 Å². The Kier molecular flexibility index (Phi) is 4.88. The van der Waals surface area contributed by atoms with Crippen molar-refractivity contribution in [1.82, 2.24) is 19.7 Å². The van der Waals surface area contributed by atoms with Gasteiger partial charge >= 0.3 is 12.0 Å². The molecule has 0 aliphatic rings. The number of benzene rings is 1. The zero-order chi connectivity index (χ0) is 20.5. The van der Waals surface area contributed by atoms with E-state index in [2.05, 4.69) is 20.3 Å². The van der Waals surface area contributed by atoms with E-state index in [1.807, 2.05) is 0 Å². The lowest BCUT2D eigenvalue weighted by atomic mass is 10.2. The summed E-state index contributed by atoms with van der Waals surface area (Å²) in [6.07, 6.45) is 0. The Labute approximate surface area is 158 Å². The Morgan fingerprint density at radius 1 is 1.21 bits per heavy atom. The van der Waals surface area contributed by atoms with Crippen LogP contribution in [0.1, 0.15) is 16.2 Å². The summed E-state index contributed by atoms with van der Waals surface area (Å²) in [5, 5.41) is 11.6. The van der Waals surface area contributed by atoms with E-state index in [-0.39, 0.29) is 17.2 Å². The van der Waals surface area contributed by atoms with Crippen molar-refractivity contribution in [3.8, 4) is 5.88 Å². The number of para-hydroxylation sites is 1. The Balaban J connectivity index is 1.93. The summed E-state index contributed by atoms with van der Waals surface area (Å²) in [7, 11) is -3.15.